The molecule has 3 aliphatic rings. The highest BCUT2D eigenvalue weighted by Gasteiger charge is 2.56. The molecule has 2 N–H and O–H groups in total. The molecular formula is C15H22O4. The first-order chi connectivity index (χ1) is 8.86. The Labute approximate surface area is 113 Å². The Morgan fingerprint density at radius 1 is 1.37 bits per heavy atom. The molecule has 1 aliphatic heterocycles. The maximum atomic E-state index is 11.8. The quantitative estimate of drug-likeness (QED) is 0.514. The van der Waals surface area contributed by atoms with E-state index >= 15 is 0 Å². The zero-order valence-electron chi connectivity index (χ0n) is 11.7. The summed E-state index contributed by atoms with van der Waals surface area (Å²) < 4.78 is 5.56. The van der Waals surface area contributed by atoms with E-state index in [0.717, 1.165) is 24.0 Å². The van der Waals surface area contributed by atoms with Gasteiger partial charge in [-0.3, -0.25) is 4.79 Å². The molecule has 0 bridgehead atoms. The van der Waals surface area contributed by atoms with Crippen molar-refractivity contribution in [2.24, 2.45) is 17.3 Å². The number of aliphatic hydroxyl groups is 2. The molecule has 106 valence electrons. The normalized spacial score (nSPS) is 49.7. The summed E-state index contributed by atoms with van der Waals surface area (Å²) in [5, 5.41) is 20.5. The van der Waals surface area contributed by atoms with Gasteiger partial charge in [0.25, 0.3) is 0 Å². The number of fused-ring (bicyclic) bond motifs is 3. The molecule has 0 spiro atoms. The van der Waals surface area contributed by atoms with Crippen LogP contribution in [0, 0.1) is 17.3 Å². The van der Waals surface area contributed by atoms with Crippen molar-refractivity contribution in [1.82, 2.24) is 0 Å². The van der Waals surface area contributed by atoms with Gasteiger partial charge in [-0.05, 0) is 30.9 Å². The summed E-state index contributed by atoms with van der Waals surface area (Å²) in [5.41, 5.74) is 1.52. The molecule has 1 saturated heterocycles. The topological polar surface area (TPSA) is 66.8 Å². The zero-order valence-corrected chi connectivity index (χ0v) is 11.7. The molecule has 3 rings (SSSR count). The van der Waals surface area contributed by atoms with Gasteiger partial charge >= 0.3 is 5.97 Å². The summed E-state index contributed by atoms with van der Waals surface area (Å²) in [5.74, 6) is -0.0248. The Hall–Kier alpha value is -0.870. The van der Waals surface area contributed by atoms with Crippen molar-refractivity contribution >= 4 is 5.97 Å². The molecular weight excluding hydrogens is 244 g/mol. The highest BCUT2D eigenvalue weighted by Crippen LogP contribution is 2.55. The van der Waals surface area contributed by atoms with Crippen LogP contribution in [0.15, 0.2) is 11.1 Å². The van der Waals surface area contributed by atoms with Crippen molar-refractivity contribution in [3.8, 4) is 0 Å². The van der Waals surface area contributed by atoms with Gasteiger partial charge in [0.15, 0.2) is 0 Å². The summed E-state index contributed by atoms with van der Waals surface area (Å²) >= 11 is 0. The molecule has 0 aromatic carbocycles. The molecule has 2 aliphatic carbocycles. The SMILES string of the molecule is CC1=C2C3OC(=O)C(C)C3CCC2(C)C(O)CC1O. The average molecular weight is 266 g/mol. The lowest BCUT2D eigenvalue weighted by Crippen LogP contribution is -2.50. The molecule has 1 heterocycles. The van der Waals surface area contributed by atoms with Gasteiger partial charge in [0, 0.05) is 17.8 Å². The summed E-state index contributed by atoms with van der Waals surface area (Å²) in [6.07, 6.45) is 0.717. The highest BCUT2D eigenvalue weighted by atomic mass is 16.6. The van der Waals surface area contributed by atoms with Gasteiger partial charge in [0.05, 0.1) is 18.1 Å². The maximum absolute atomic E-state index is 11.8. The Balaban J connectivity index is 2.09. The highest BCUT2D eigenvalue weighted by molar-refractivity contribution is 5.75. The molecule has 0 amide bonds. The number of ether oxygens (including phenoxy) is 1. The summed E-state index contributed by atoms with van der Waals surface area (Å²) in [4.78, 5) is 11.8. The van der Waals surface area contributed by atoms with Crippen molar-refractivity contribution < 1.29 is 19.7 Å². The largest absolute Gasteiger partial charge is 0.457 e. The van der Waals surface area contributed by atoms with Crippen molar-refractivity contribution in [1.29, 1.82) is 0 Å². The number of aliphatic hydroxyl groups excluding tert-OH is 2. The second kappa shape index (κ2) is 4.06. The van der Waals surface area contributed by atoms with Gasteiger partial charge in [-0.15, -0.1) is 0 Å². The van der Waals surface area contributed by atoms with Gasteiger partial charge in [0.1, 0.15) is 6.10 Å². The molecule has 0 aromatic heterocycles. The fraction of sp³-hybridized carbons (Fsp3) is 0.800. The molecule has 19 heavy (non-hydrogen) atoms. The molecule has 0 radical (unpaired) electrons. The number of hydrogen-bond acceptors (Lipinski definition) is 4. The van der Waals surface area contributed by atoms with E-state index < -0.39 is 12.2 Å². The number of carbonyl (C=O) groups excluding carboxylic acids is 1. The summed E-state index contributed by atoms with van der Waals surface area (Å²) in [6.45, 7) is 5.86. The maximum Gasteiger partial charge on any atom is 0.309 e. The molecule has 6 unspecified atom stereocenters. The molecule has 1 saturated carbocycles. The lowest BCUT2D eigenvalue weighted by atomic mass is 9.58. The number of esters is 1. The average Bonchev–Trinajstić information content (AvgIpc) is 2.63. The van der Waals surface area contributed by atoms with E-state index in [4.69, 9.17) is 4.74 Å². The van der Waals surface area contributed by atoms with Gasteiger partial charge < -0.3 is 14.9 Å². The van der Waals surface area contributed by atoms with Gasteiger partial charge in [-0.2, -0.15) is 0 Å². The van der Waals surface area contributed by atoms with Gasteiger partial charge in [0.2, 0.25) is 0 Å². The van der Waals surface area contributed by atoms with Crippen LogP contribution in [0.25, 0.3) is 0 Å². The second-order valence-electron chi connectivity index (χ2n) is 6.63. The van der Waals surface area contributed by atoms with Crippen LogP contribution >= 0.6 is 0 Å². The summed E-state index contributed by atoms with van der Waals surface area (Å²) in [6, 6.07) is 0. The van der Waals surface area contributed by atoms with Crippen molar-refractivity contribution in [3.05, 3.63) is 11.1 Å². The first-order valence-electron chi connectivity index (χ1n) is 7.14. The van der Waals surface area contributed by atoms with E-state index in [9.17, 15) is 15.0 Å². The number of rotatable bonds is 0. The Kier molecular flexibility index (Phi) is 2.81. The fourth-order valence-electron chi connectivity index (χ4n) is 4.21. The van der Waals surface area contributed by atoms with E-state index in [1.54, 1.807) is 0 Å². The third-order valence-electron chi connectivity index (χ3n) is 5.65. The summed E-state index contributed by atoms with van der Waals surface area (Å²) in [7, 11) is 0. The van der Waals surface area contributed by atoms with Gasteiger partial charge in [-0.25, -0.2) is 0 Å². The van der Waals surface area contributed by atoms with Crippen LogP contribution in [0.5, 0.6) is 0 Å². The predicted molar refractivity (Wildman–Crippen MR) is 69.2 cm³/mol. The molecule has 4 nitrogen and oxygen atoms in total. The molecule has 0 aromatic rings. The Bertz CT molecular complexity index is 455. The van der Waals surface area contributed by atoms with Crippen LogP contribution in [0.3, 0.4) is 0 Å². The third-order valence-corrected chi connectivity index (χ3v) is 5.65. The Morgan fingerprint density at radius 3 is 2.74 bits per heavy atom. The van der Waals surface area contributed by atoms with Crippen molar-refractivity contribution in [2.45, 2.75) is 58.3 Å². The smallest absolute Gasteiger partial charge is 0.309 e. The zero-order chi connectivity index (χ0) is 13.9. The van der Waals surface area contributed by atoms with Crippen molar-refractivity contribution in [3.63, 3.8) is 0 Å². The van der Waals surface area contributed by atoms with E-state index in [1.807, 2.05) is 20.8 Å². The van der Waals surface area contributed by atoms with E-state index in [1.165, 1.54) is 0 Å². The van der Waals surface area contributed by atoms with Crippen LogP contribution in [0.2, 0.25) is 0 Å². The van der Waals surface area contributed by atoms with Gasteiger partial charge in [-0.1, -0.05) is 13.8 Å². The monoisotopic (exact) mass is 266 g/mol. The van der Waals surface area contributed by atoms with Crippen LogP contribution in [-0.4, -0.2) is 34.5 Å². The minimum atomic E-state index is -0.619. The fourth-order valence-corrected chi connectivity index (χ4v) is 4.21. The second-order valence-corrected chi connectivity index (χ2v) is 6.63. The van der Waals surface area contributed by atoms with Crippen LogP contribution in [0.1, 0.15) is 40.0 Å². The lowest BCUT2D eigenvalue weighted by Gasteiger charge is -2.49. The Morgan fingerprint density at radius 2 is 2.05 bits per heavy atom. The van der Waals surface area contributed by atoms with Crippen molar-refractivity contribution in [2.75, 3.05) is 0 Å². The van der Waals surface area contributed by atoms with Crippen LogP contribution < -0.4 is 0 Å². The minimum Gasteiger partial charge on any atom is -0.457 e. The standard InChI is InChI=1S/C15H22O4/c1-7-9-4-5-15(3)11(17)6-10(16)8(2)12(15)13(9)19-14(7)18/h7,9-11,13,16-17H,4-6H2,1-3H3. The first kappa shape index (κ1) is 13.1. The van der Waals surface area contributed by atoms with Crippen LogP contribution in [0.4, 0.5) is 0 Å². The van der Waals surface area contributed by atoms with E-state index in [-0.39, 0.29) is 29.3 Å². The minimum absolute atomic E-state index is 0.0777. The third kappa shape index (κ3) is 1.62. The molecule has 4 heteroatoms. The number of carbonyl (C=O) groups is 1. The van der Waals surface area contributed by atoms with Crippen LogP contribution in [-0.2, 0) is 9.53 Å². The van der Waals surface area contributed by atoms with E-state index in [2.05, 4.69) is 0 Å². The lowest BCUT2D eigenvalue weighted by molar-refractivity contribution is -0.144. The first-order valence-corrected chi connectivity index (χ1v) is 7.14. The number of hydrogen-bond donors (Lipinski definition) is 2. The molecule has 6 atom stereocenters. The molecule has 2 fully saturated rings. The predicted octanol–water partition coefficient (Wildman–Crippen LogP) is 1.41. The van der Waals surface area contributed by atoms with E-state index in [0.29, 0.717) is 6.42 Å².